The predicted octanol–water partition coefficient (Wildman–Crippen LogP) is 1.15. The first-order valence-electron chi connectivity index (χ1n) is 5.40. The lowest BCUT2D eigenvalue weighted by Crippen LogP contribution is -2.26. The van der Waals surface area contributed by atoms with Crippen LogP contribution in [0, 0.1) is 6.92 Å². The van der Waals surface area contributed by atoms with Gasteiger partial charge in [0.05, 0.1) is 6.04 Å². The predicted molar refractivity (Wildman–Crippen MR) is 64.1 cm³/mol. The highest BCUT2D eigenvalue weighted by Gasteiger charge is 2.16. The van der Waals surface area contributed by atoms with Gasteiger partial charge in [0.25, 0.3) is 0 Å². The SMILES string of the molecule is CC(=O)N[C@@H](CCCCN)c1nnc(C)s1. The Hall–Kier alpha value is -1.01. The van der Waals surface area contributed by atoms with Gasteiger partial charge in [-0.05, 0) is 32.7 Å². The number of hydrogen-bond acceptors (Lipinski definition) is 5. The average molecular weight is 242 g/mol. The van der Waals surface area contributed by atoms with Gasteiger partial charge in [0.2, 0.25) is 5.91 Å². The Morgan fingerprint density at radius 1 is 1.50 bits per heavy atom. The van der Waals surface area contributed by atoms with Crippen LogP contribution in [0.1, 0.15) is 42.2 Å². The van der Waals surface area contributed by atoms with Gasteiger partial charge in [0.15, 0.2) is 0 Å². The fourth-order valence-corrected chi connectivity index (χ4v) is 2.23. The summed E-state index contributed by atoms with van der Waals surface area (Å²) in [6, 6.07) is -0.0183. The first-order valence-corrected chi connectivity index (χ1v) is 6.22. The number of nitrogens with two attached hydrogens (primary N) is 1. The Labute approximate surface area is 99.5 Å². The highest BCUT2D eigenvalue weighted by atomic mass is 32.1. The minimum atomic E-state index is -0.0365. The molecular formula is C10H18N4OS. The summed E-state index contributed by atoms with van der Waals surface area (Å²) in [5, 5.41) is 12.7. The number of unbranched alkanes of at least 4 members (excludes halogenated alkanes) is 1. The molecule has 0 aliphatic rings. The normalized spacial score (nSPS) is 12.4. The second-order valence-corrected chi connectivity index (χ2v) is 4.91. The Bertz CT molecular complexity index is 339. The third kappa shape index (κ3) is 4.24. The van der Waals surface area contributed by atoms with Crippen LogP contribution in [-0.4, -0.2) is 22.6 Å². The smallest absolute Gasteiger partial charge is 0.217 e. The van der Waals surface area contributed by atoms with Crippen molar-refractivity contribution in [3.8, 4) is 0 Å². The molecule has 1 rings (SSSR count). The molecule has 1 heterocycles. The molecular weight excluding hydrogens is 224 g/mol. The number of rotatable bonds is 6. The van der Waals surface area contributed by atoms with E-state index in [4.69, 9.17) is 5.73 Å². The number of hydrogen-bond donors (Lipinski definition) is 2. The molecule has 6 heteroatoms. The van der Waals surface area contributed by atoms with Crippen molar-refractivity contribution in [3.63, 3.8) is 0 Å². The van der Waals surface area contributed by atoms with Crippen LogP contribution in [0.3, 0.4) is 0 Å². The number of aromatic nitrogens is 2. The molecule has 0 unspecified atom stereocenters. The number of nitrogens with one attached hydrogen (secondary N) is 1. The largest absolute Gasteiger partial charge is 0.347 e. The molecule has 0 aliphatic carbocycles. The molecule has 0 aliphatic heterocycles. The van der Waals surface area contributed by atoms with Crippen molar-refractivity contribution in [3.05, 3.63) is 10.0 Å². The van der Waals surface area contributed by atoms with Crippen molar-refractivity contribution >= 4 is 17.2 Å². The number of carbonyl (C=O) groups excluding carboxylic acids is 1. The lowest BCUT2D eigenvalue weighted by molar-refractivity contribution is -0.119. The van der Waals surface area contributed by atoms with Gasteiger partial charge >= 0.3 is 0 Å². The van der Waals surface area contributed by atoms with E-state index in [2.05, 4.69) is 15.5 Å². The molecule has 5 nitrogen and oxygen atoms in total. The van der Waals surface area contributed by atoms with Gasteiger partial charge in [0, 0.05) is 6.92 Å². The fourth-order valence-electron chi connectivity index (χ4n) is 1.45. The van der Waals surface area contributed by atoms with Crippen molar-refractivity contribution in [1.29, 1.82) is 0 Å². The fraction of sp³-hybridized carbons (Fsp3) is 0.700. The average Bonchev–Trinajstić information content (AvgIpc) is 2.63. The summed E-state index contributed by atoms with van der Waals surface area (Å²) in [7, 11) is 0. The zero-order valence-corrected chi connectivity index (χ0v) is 10.5. The van der Waals surface area contributed by atoms with Crippen molar-refractivity contribution in [2.24, 2.45) is 5.73 Å². The first kappa shape index (κ1) is 13.1. The maximum atomic E-state index is 11.1. The quantitative estimate of drug-likeness (QED) is 0.733. The van der Waals surface area contributed by atoms with Crippen LogP contribution in [0.15, 0.2) is 0 Å². The summed E-state index contributed by atoms with van der Waals surface area (Å²) in [6.07, 6.45) is 2.82. The molecule has 1 aromatic heterocycles. The van der Waals surface area contributed by atoms with E-state index in [1.807, 2.05) is 6.92 Å². The van der Waals surface area contributed by atoms with E-state index in [1.165, 1.54) is 18.3 Å². The number of carbonyl (C=O) groups is 1. The number of aryl methyl sites for hydroxylation is 1. The second-order valence-electron chi connectivity index (χ2n) is 3.70. The van der Waals surface area contributed by atoms with Gasteiger partial charge < -0.3 is 11.1 Å². The first-order chi connectivity index (χ1) is 7.63. The van der Waals surface area contributed by atoms with E-state index in [1.54, 1.807) is 0 Å². The van der Waals surface area contributed by atoms with Gasteiger partial charge in [-0.1, -0.05) is 11.3 Å². The monoisotopic (exact) mass is 242 g/mol. The summed E-state index contributed by atoms with van der Waals surface area (Å²) in [5.74, 6) is -0.0365. The van der Waals surface area contributed by atoms with Gasteiger partial charge in [-0.25, -0.2) is 0 Å². The summed E-state index contributed by atoms with van der Waals surface area (Å²) in [6.45, 7) is 4.11. The van der Waals surface area contributed by atoms with Crippen LogP contribution < -0.4 is 11.1 Å². The molecule has 0 radical (unpaired) electrons. The summed E-state index contributed by atoms with van der Waals surface area (Å²) in [4.78, 5) is 11.1. The van der Waals surface area contributed by atoms with Crippen molar-refractivity contribution in [1.82, 2.24) is 15.5 Å². The van der Waals surface area contributed by atoms with Crippen molar-refractivity contribution in [2.45, 2.75) is 39.2 Å². The van der Waals surface area contributed by atoms with E-state index >= 15 is 0 Å². The minimum absolute atomic E-state index is 0.0183. The third-order valence-corrected chi connectivity index (χ3v) is 3.12. The molecule has 0 spiro atoms. The van der Waals surface area contributed by atoms with Crippen LogP contribution in [-0.2, 0) is 4.79 Å². The molecule has 0 saturated heterocycles. The number of nitrogens with zero attached hydrogens (tertiary/aromatic N) is 2. The molecule has 90 valence electrons. The van der Waals surface area contributed by atoms with Gasteiger partial charge in [-0.15, -0.1) is 10.2 Å². The van der Waals surface area contributed by atoms with E-state index in [-0.39, 0.29) is 11.9 Å². The van der Waals surface area contributed by atoms with Crippen LogP contribution in [0.25, 0.3) is 0 Å². The Morgan fingerprint density at radius 2 is 2.25 bits per heavy atom. The summed E-state index contributed by atoms with van der Waals surface area (Å²) >= 11 is 1.53. The van der Waals surface area contributed by atoms with Crippen LogP contribution in [0.2, 0.25) is 0 Å². The lowest BCUT2D eigenvalue weighted by Gasteiger charge is -2.14. The van der Waals surface area contributed by atoms with Crippen LogP contribution in [0.4, 0.5) is 0 Å². The van der Waals surface area contributed by atoms with E-state index in [0.29, 0.717) is 6.54 Å². The topological polar surface area (TPSA) is 80.9 Å². The molecule has 1 amide bonds. The number of amides is 1. The Morgan fingerprint density at radius 3 is 2.75 bits per heavy atom. The van der Waals surface area contributed by atoms with E-state index in [0.717, 1.165) is 29.3 Å². The van der Waals surface area contributed by atoms with Gasteiger partial charge in [-0.2, -0.15) is 0 Å². The molecule has 0 fully saturated rings. The molecule has 0 aromatic carbocycles. The minimum Gasteiger partial charge on any atom is -0.347 e. The van der Waals surface area contributed by atoms with Gasteiger partial charge in [-0.3, -0.25) is 4.79 Å². The third-order valence-electron chi connectivity index (χ3n) is 2.16. The molecule has 3 N–H and O–H groups in total. The van der Waals surface area contributed by atoms with Crippen LogP contribution >= 0.6 is 11.3 Å². The lowest BCUT2D eigenvalue weighted by atomic mass is 10.1. The molecule has 1 aromatic rings. The molecule has 16 heavy (non-hydrogen) atoms. The zero-order chi connectivity index (χ0) is 12.0. The highest BCUT2D eigenvalue weighted by Crippen LogP contribution is 2.22. The maximum absolute atomic E-state index is 11.1. The van der Waals surface area contributed by atoms with Crippen molar-refractivity contribution < 1.29 is 4.79 Å². The Balaban J connectivity index is 2.59. The summed E-state index contributed by atoms with van der Waals surface area (Å²) in [5.41, 5.74) is 5.45. The van der Waals surface area contributed by atoms with Crippen LogP contribution in [0.5, 0.6) is 0 Å². The van der Waals surface area contributed by atoms with Crippen molar-refractivity contribution in [2.75, 3.05) is 6.54 Å². The highest BCUT2D eigenvalue weighted by molar-refractivity contribution is 7.11. The second kappa shape index (κ2) is 6.55. The maximum Gasteiger partial charge on any atom is 0.217 e. The molecule has 1 atom stereocenters. The van der Waals surface area contributed by atoms with E-state index in [9.17, 15) is 4.79 Å². The van der Waals surface area contributed by atoms with Gasteiger partial charge in [0.1, 0.15) is 10.0 Å². The van der Waals surface area contributed by atoms with E-state index < -0.39 is 0 Å². The Kier molecular flexibility index (Phi) is 5.34. The molecule has 0 bridgehead atoms. The zero-order valence-electron chi connectivity index (χ0n) is 9.69. The summed E-state index contributed by atoms with van der Waals surface area (Å²) < 4.78 is 0. The molecule has 0 saturated carbocycles. The standard InChI is InChI=1S/C10H18N4OS/c1-7(15)12-9(5-3-4-6-11)10-14-13-8(2)16-10/h9H,3-6,11H2,1-2H3,(H,12,15)/t9-/m0/s1.